The Bertz CT molecular complexity index is 747. The second-order valence-corrected chi connectivity index (χ2v) is 7.02. The van der Waals surface area contributed by atoms with Crippen molar-refractivity contribution in [3.8, 4) is 0 Å². The molecule has 1 aliphatic rings. The van der Waals surface area contributed by atoms with Crippen LogP contribution in [0.15, 0.2) is 48.5 Å². The van der Waals surface area contributed by atoms with Gasteiger partial charge in [-0.05, 0) is 35.4 Å². The maximum absolute atomic E-state index is 12.3. The minimum absolute atomic E-state index is 0.0353. The third-order valence-corrected chi connectivity index (χ3v) is 5.43. The lowest BCUT2D eigenvalue weighted by molar-refractivity contribution is -0.128. The van der Waals surface area contributed by atoms with Gasteiger partial charge in [-0.25, -0.2) is 0 Å². The maximum atomic E-state index is 12.3. The monoisotopic (exact) mass is 360 g/mol. The zero-order chi connectivity index (χ0) is 17.1. The van der Waals surface area contributed by atoms with Crippen LogP contribution in [0.4, 0.5) is 0 Å². The molecule has 0 spiro atoms. The van der Waals surface area contributed by atoms with E-state index in [9.17, 15) is 9.59 Å². The van der Waals surface area contributed by atoms with E-state index in [1.807, 2.05) is 41.3 Å². The van der Waals surface area contributed by atoms with Crippen molar-refractivity contribution in [2.45, 2.75) is 11.9 Å². The van der Waals surface area contributed by atoms with Gasteiger partial charge in [0.2, 0.25) is 5.91 Å². The largest absolute Gasteiger partial charge is 0.355 e. The lowest BCUT2D eigenvalue weighted by Crippen LogP contribution is -2.27. The molecular weight excluding hydrogens is 344 g/mol. The molecule has 1 atom stereocenters. The first-order chi connectivity index (χ1) is 11.6. The Hall–Kier alpha value is -1.98. The summed E-state index contributed by atoms with van der Waals surface area (Å²) in [7, 11) is 1.61. The number of carbonyl (C=O) groups is 2. The number of hydrogen-bond donors (Lipinski definition) is 1. The molecule has 124 valence electrons. The zero-order valence-corrected chi connectivity index (χ0v) is 14.7. The first-order valence-corrected chi connectivity index (χ1v) is 8.98. The SMILES string of the molecule is CNC(=O)c1ccc([C@@H]2SCC(=O)N2Cc2ccc(Cl)cc2)cc1. The predicted octanol–water partition coefficient (Wildman–Crippen LogP) is 3.47. The topological polar surface area (TPSA) is 49.4 Å². The van der Waals surface area contributed by atoms with Gasteiger partial charge in [0, 0.05) is 24.2 Å². The van der Waals surface area contributed by atoms with Crippen LogP contribution in [0, 0.1) is 0 Å². The summed E-state index contributed by atoms with van der Waals surface area (Å²) < 4.78 is 0. The van der Waals surface area contributed by atoms with Crippen LogP contribution in [0.2, 0.25) is 5.02 Å². The highest BCUT2D eigenvalue weighted by Gasteiger charge is 2.32. The molecule has 0 bridgehead atoms. The van der Waals surface area contributed by atoms with Gasteiger partial charge in [0.15, 0.2) is 0 Å². The molecule has 0 radical (unpaired) electrons. The van der Waals surface area contributed by atoms with Crippen LogP contribution >= 0.6 is 23.4 Å². The number of carbonyl (C=O) groups excluding carboxylic acids is 2. The Labute approximate surface area is 150 Å². The number of nitrogens with zero attached hydrogens (tertiary/aromatic N) is 1. The molecule has 2 aromatic rings. The van der Waals surface area contributed by atoms with E-state index < -0.39 is 0 Å². The van der Waals surface area contributed by atoms with E-state index in [1.165, 1.54) is 0 Å². The average molecular weight is 361 g/mol. The number of nitrogens with one attached hydrogen (secondary N) is 1. The molecule has 2 aromatic carbocycles. The first kappa shape index (κ1) is 16.9. The highest BCUT2D eigenvalue weighted by atomic mass is 35.5. The van der Waals surface area contributed by atoms with Gasteiger partial charge in [-0.3, -0.25) is 9.59 Å². The molecule has 0 aromatic heterocycles. The van der Waals surface area contributed by atoms with Crippen LogP contribution in [0.25, 0.3) is 0 Å². The molecule has 1 fully saturated rings. The summed E-state index contributed by atoms with van der Waals surface area (Å²) in [5.41, 5.74) is 2.68. The normalized spacial score (nSPS) is 17.2. The fourth-order valence-electron chi connectivity index (χ4n) is 2.63. The fourth-order valence-corrected chi connectivity index (χ4v) is 3.95. The molecule has 1 aliphatic heterocycles. The van der Waals surface area contributed by atoms with Crippen molar-refractivity contribution in [2.75, 3.05) is 12.8 Å². The summed E-state index contributed by atoms with van der Waals surface area (Å²) >= 11 is 7.52. The Balaban J connectivity index is 1.79. The zero-order valence-electron chi connectivity index (χ0n) is 13.2. The summed E-state index contributed by atoms with van der Waals surface area (Å²) in [6.45, 7) is 0.546. The Morgan fingerprint density at radius 1 is 1.21 bits per heavy atom. The van der Waals surface area contributed by atoms with Gasteiger partial charge in [-0.1, -0.05) is 35.9 Å². The van der Waals surface area contributed by atoms with Gasteiger partial charge >= 0.3 is 0 Å². The number of halogens is 1. The molecule has 0 saturated carbocycles. The number of amides is 2. The first-order valence-electron chi connectivity index (χ1n) is 7.56. The smallest absolute Gasteiger partial charge is 0.251 e. The number of hydrogen-bond acceptors (Lipinski definition) is 3. The second-order valence-electron chi connectivity index (χ2n) is 5.51. The molecule has 1 N–H and O–H groups in total. The van der Waals surface area contributed by atoms with E-state index >= 15 is 0 Å². The average Bonchev–Trinajstić information content (AvgIpc) is 2.97. The lowest BCUT2D eigenvalue weighted by Gasteiger charge is -2.24. The van der Waals surface area contributed by atoms with Gasteiger partial charge in [-0.15, -0.1) is 11.8 Å². The quantitative estimate of drug-likeness (QED) is 0.908. The van der Waals surface area contributed by atoms with Crippen LogP contribution in [0.1, 0.15) is 26.9 Å². The third-order valence-electron chi connectivity index (χ3n) is 3.92. The minimum Gasteiger partial charge on any atom is -0.355 e. The second kappa shape index (κ2) is 7.28. The molecule has 6 heteroatoms. The van der Waals surface area contributed by atoms with Crippen LogP contribution in [0.3, 0.4) is 0 Å². The van der Waals surface area contributed by atoms with E-state index in [0.717, 1.165) is 11.1 Å². The fraction of sp³-hybridized carbons (Fsp3) is 0.222. The van der Waals surface area contributed by atoms with Crippen LogP contribution in [0.5, 0.6) is 0 Å². The number of rotatable bonds is 4. The van der Waals surface area contributed by atoms with E-state index in [4.69, 9.17) is 11.6 Å². The molecule has 0 aliphatic carbocycles. The van der Waals surface area contributed by atoms with Crippen molar-refractivity contribution in [3.63, 3.8) is 0 Å². The standard InChI is InChI=1S/C18H17ClN2O2S/c1-20-17(23)13-4-6-14(7-5-13)18-21(16(22)11-24-18)10-12-2-8-15(19)9-3-12/h2-9,18H,10-11H2,1H3,(H,20,23)/t18-/m0/s1. The van der Waals surface area contributed by atoms with Crippen molar-refractivity contribution >= 4 is 35.2 Å². The summed E-state index contributed by atoms with van der Waals surface area (Å²) in [6, 6.07) is 14.9. The van der Waals surface area contributed by atoms with Gasteiger partial charge in [-0.2, -0.15) is 0 Å². The molecule has 4 nitrogen and oxygen atoms in total. The minimum atomic E-state index is -0.116. The predicted molar refractivity (Wildman–Crippen MR) is 97.0 cm³/mol. The van der Waals surface area contributed by atoms with Crippen molar-refractivity contribution in [1.29, 1.82) is 0 Å². The maximum Gasteiger partial charge on any atom is 0.251 e. The Morgan fingerprint density at radius 3 is 2.50 bits per heavy atom. The van der Waals surface area contributed by atoms with Crippen LogP contribution in [-0.4, -0.2) is 29.5 Å². The van der Waals surface area contributed by atoms with E-state index in [0.29, 0.717) is 22.9 Å². The van der Waals surface area contributed by atoms with Gasteiger partial charge in [0.1, 0.15) is 5.37 Å². The van der Waals surface area contributed by atoms with E-state index in [1.54, 1.807) is 30.9 Å². The summed E-state index contributed by atoms with van der Waals surface area (Å²) in [5.74, 6) is 0.472. The summed E-state index contributed by atoms with van der Waals surface area (Å²) in [4.78, 5) is 25.8. The molecule has 1 heterocycles. The van der Waals surface area contributed by atoms with Crippen LogP contribution < -0.4 is 5.32 Å². The molecule has 0 unspecified atom stereocenters. The van der Waals surface area contributed by atoms with Crippen molar-refractivity contribution in [1.82, 2.24) is 10.2 Å². The van der Waals surface area contributed by atoms with E-state index in [2.05, 4.69) is 5.32 Å². The number of thioether (sulfide) groups is 1. The van der Waals surface area contributed by atoms with Crippen molar-refractivity contribution < 1.29 is 9.59 Å². The highest BCUT2D eigenvalue weighted by molar-refractivity contribution is 8.00. The molecule has 1 saturated heterocycles. The highest BCUT2D eigenvalue weighted by Crippen LogP contribution is 2.39. The van der Waals surface area contributed by atoms with Gasteiger partial charge < -0.3 is 10.2 Å². The molecule has 2 amide bonds. The molecular formula is C18H17ClN2O2S. The Morgan fingerprint density at radius 2 is 1.88 bits per heavy atom. The van der Waals surface area contributed by atoms with Crippen molar-refractivity contribution in [3.05, 3.63) is 70.2 Å². The molecule has 24 heavy (non-hydrogen) atoms. The van der Waals surface area contributed by atoms with Gasteiger partial charge in [0.05, 0.1) is 5.75 Å². The summed E-state index contributed by atoms with van der Waals surface area (Å²) in [6.07, 6.45) is 0. The van der Waals surface area contributed by atoms with Gasteiger partial charge in [0.25, 0.3) is 5.91 Å². The van der Waals surface area contributed by atoms with Crippen molar-refractivity contribution in [2.24, 2.45) is 0 Å². The van der Waals surface area contributed by atoms with E-state index in [-0.39, 0.29) is 17.2 Å². The third kappa shape index (κ3) is 3.57. The Kier molecular flexibility index (Phi) is 5.11. The molecule has 3 rings (SSSR count). The number of benzene rings is 2. The lowest BCUT2D eigenvalue weighted by atomic mass is 10.1. The van der Waals surface area contributed by atoms with Crippen LogP contribution in [-0.2, 0) is 11.3 Å². The summed E-state index contributed by atoms with van der Waals surface area (Å²) in [5, 5.41) is 3.25.